The summed E-state index contributed by atoms with van der Waals surface area (Å²) in [4.78, 5) is 28.3. The van der Waals surface area contributed by atoms with Gasteiger partial charge in [0.1, 0.15) is 17.4 Å². The van der Waals surface area contributed by atoms with Gasteiger partial charge in [-0.3, -0.25) is 9.59 Å². The highest BCUT2D eigenvalue weighted by Gasteiger charge is 2.27. The van der Waals surface area contributed by atoms with Crippen LogP contribution in [0.1, 0.15) is 26.3 Å². The second-order valence-corrected chi connectivity index (χ2v) is 6.63. The maximum atomic E-state index is 13.8. The molecule has 2 amide bonds. The van der Waals surface area contributed by atoms with Crippen molar-refractivity contribution in [2.45, 2.75) is 6.42 Å². The highest BCUT2D eigenvalue weighted by atomic mass is 19.1. The van der Waals surface area contributed by atoms with Crippen LogP contribution >= 0.6 is 0 Å². The standard InChI is InChI=1S/C20H18F2N2O3/c21-15-2-3-17(22)16(12-15)20(26)24-8-6-23(7-9-24)19(25)14-1-4-18-13(11-14)5-10-27-18/h1-4,11-12H,5-10H2. The number of carbonyl (C=O) groups is 2. The van der Waals surface area contributed by atoms with Gasteiger partial charge in [-0.2, -0.15) is 0 Å². The first-order chi connectivity index (χ1) is 13.0. The highest BCUT2D eigenvalue weighted by molar-refractivity contribution is 5.96. The molecular weight excluding hydrogens is 354 g/mol. The molecule has 0 spiro atoms. The Morgan fingerprint density at radius 2 is 1.59 bits per heavy atom. The van der Waals surface area contributed by atoms with Crippen molar-refractivity contribution in [3.05, 3.63) is 64.7 Å². The third-order valence-electron chi connectivity index (χ3n) is 4.95. The molecule has 0 aromatic heterocycles. The predicted octanol–water partition coefficient (Wildman–Crippen LogP) is 2.50. The number of hydrogen-bond donors (Lipinski definition) is 0. The molecule has 2 aliphatic heterocycles. The zero-order valence-corrected chi connectivity index (χ0v) is 14.6. The number of ether oxygens (including phenoxy) is 1. The summed E-state index contributed by atoms with van der Waals surface area (Å²) in [6.07, 6.45) is 0.790. The molecule has 2 aromatic rings. The fourth-order valence-corrected chi connectivity index (χ4v) is 3.45. The maximum absolute atomic E-state index is 13.8. The number of fused-ring (bicyclic) bond motifs is 1. The first-order valence-electron chi connectivity index (χ1n) is 8.82. The zero-order chi connectivity index (χ0) is 19.0. The van der Waals surface area contributed by atoms with Crippen LogP contribution in [-0.2, 0) is 6.42 Å². The molecule has 2 aromatic carbocycles. The largest absolute Gasteiger partial charge is 0.493 e. The van der Waals surface area contributed by atoms with Gasteiger partial charge in [-0.05, 0) is 42.0 Å². The molecule has 1 fully saturated rings. The van der Waals surface area contributed by atoms with Crippen molar-refractivity contribution in [1.82, 2.24) is 9.80 Å². The molecule has 0 radical (unpaired) electrons. The second kappa shape index (κ2) is 6.98. The fraction of sp³-hybridized carbons (Fsp3) is 0.300. The Morgan fingerprint density at radius 1 is 0.889 bits per heavy atom. The summed E-state index contributed by atoms with van der Waals surface area (Å²) in [5, 5.41) is 0. The molecule has 0 bridgehead atoms. The monoisotopic (exact) mass is 372 g/mol. The van der Waals surface area contributed by atoms with Crippen molar-refractivity contribution < 1.29 is 23.1 Å². The van der Waals surface area contributed by atoms with Crippen LogP contribution in [0.25, 0.3) is 0 Å². The van der Waals surface area contributed by atoms with E-state index in [1.165, 1.54) is 4.90 Å². The van der Waals surface area contributed by atoms with E-state index in [0.717, 1.165) is 35.9 Å². The molecular formula is C20H18F2N2O3. The Balaban J connectivity index is 1.42. The number of carbonyl (C=O) groups excluding carboxylic acids is 2. The quantitative estimate of drug-likeness (QED) is 0.814. The third-order valence-corrected chi connectivity index (χ3v) is 4.95. The Morgan fingerprint density at radius 3 is 2.33 bits per heavy atom. The molecule has 0 unspecified atom stereocenters. The van der Waals surface area contributed by atoms with E-state index in [2.05, 4.69) is 0 Å². The summed E-state index contributed by atoms with van der Waals surface area (Å²) in [5.74, 6) is -1.25. The van der Waals surface area contributed by atoms with E-state index in [-0.39, 0.29) is 24.6 Å². The Bertz CT molecular complexity index is 908. The average molecular weight is 372 g/mol. The first-order valence-corrected chi connectivity index (χ1v) is 8.82. The Kier molecular flexibility index (Phi) is 4.51. The van der Waals surface area contributed by atoms with Gasteiger partial charge in [-0.1, -0.05) is 0 Å². The highest BCUT2D eigenvalue weighted by Crippen LogP contribution is 2.26. The molecule has 5 nitrogen and oxygen atoms in total. The molecule has 27 heavy (non-hydrogen) atoms. The lowest BCUT2D eigenvalue weighted by molar-refractivity contribution is 0.0532. The van der Waals surface area contributed by atoms with Crippen molar-refractivity contribution in [1.29, 1.82) is 0 Å². The van der Waals surface area contributed by atoms with Crippen LogP contribution in [0, 0.1) is 11.6 Å². The van der Waals surface area contributed by atoms with E-state index in [4.69, 9.17) is 4.74 Å². The number of halogens is 2. The van der Waals surface area contributed by atoms with Crippen LogP contribution in [0.4, 0.5) is 8.78 Å². The van der Waals surface area contributed by atoms with E-state index in [1.807, 2.05) is 12.1 Å². The van der Waals surface area contributed by atoms with Gasteiger partial charge in [-0.25, -0.2) is 8.78 Å². The molecule has 7 heteroatoms. The summed E-state index contributed by atoms with van der Waals surface area (Å²) in [6.45, 7) is 1.86. The SMILES string of the molecule is O=C(c1ccc2c(c1)CCO2)N1CCN(C(=O)c2cc(F)ccc2F)CC1. The molecule has 1 saturated heterocycles. The van der Waals surface area contributed by atoms with Crippen LogP contribution < -0.4 is 4.74 Å². The minimum absolute atomic E-state index is 0.103. The van der Waals surface area contributed by atoms with Gasteiger partial charge in [0.25, 0.3) is 11.8 Å². The summed E-state index contributed by atoms with van der Waals surface area (Å²) >= 11 is 0. The molecule has 2 heterocycles. The van der Waals surface area contributed by atoms with Gasteiger partial charge >= 0.3 is 0 Å². The van der Waals surface area contributed by atoms with Crippen molar-refractivity contribution in [2.24, 2.45) is 0 Å². The summed E-state index contributed by atoms with van der Waals surface area (Å²) in [5.41, 5.74) is 1.33. The van der Waals surface area contributed by atoms with Gasteiger partial charge in [-0.15, -0.1) is 0 Å². The van der Waals surface area contributed by atoms with Crippen LogP contribution in [0.15, 0.2) is 36.4 Å². The van der Waals surface area contributed by atoms with Gasteiger partial charge in [0.15, 0.2) is 0 Å². The molecule has 0 N–H and O–H groups in total. The van der Waals surface area contributed by atoms with E-state index in [0.29, 0.717) is 25.3 Å². The first kappa shape index (κ1) is 17.5. The van der Waals surface area contributed by atoms with E-state index < -0.39 is 17.5 Å². The average Bonchev–Trinajstić information content (AvgIpc) is 3.16. The summed E-state index contributed by atoms with van der Waals surface area (Å²) < 4.78 is 32.6. The van der Waals surface area contributed by atoms with Crippen molar-refractivity contribution >= 4 is 11.8 Å². The number of amides is 2. The third kappa shape index (κ3) is 3.37. The Labute approximate surface area is 155 Å². The lowest BCUT2D eigenvalue weighted by atomic mass is 10.1. The van der Waals surface area contributed by atoms with Gasteiger partial charge in [0, 0.05) is 38.2 Å². The minimum atomic E-state index is -0.750. The van der Waals surface area contributed by atoms with Crippen LogP contribution in [0.2, 0.25) is 0 Å². The minimum Gasteiger partial charge on any atom is -0.493 e. The number of hydrogen-bond acceptors (Lipinski definition) is 3. The van der Waals surface area contributed by atoms with E-state index in [9.17, 15) is 18.4 Å². The molecule has 0 atom stereocenters. The van der Waals surface area contributed by atoms with Gasteiger partial charge in [0.05, 0.1) is 12.2 Å². The number of rotatable bonds is 2. The van der Waals surface area contributed by atoms with Gasteiger partial charge in [0.2, 0.25) is 0 Å². The number of piperazine rings is 1. The summed E-state index contributed by atoms with van der Waals surface area (Å²) in [6, 6.07) is 8.23. The summed E-state index contributed by atoms with van der Waals surface area (Å²) in [7, 11) is 0. The predicted molar refractivity (Wildman–Crippen MR) is 93.8 cm³/mol. The number of benzene rings is 2. The van der Waals surface area contributed by atoms with E-state index >= 15 is 0 Å². The van der Waals surface area contributed by atoms with Crippen molar-refractivity contribution in [2.75, 3.05) is 32.8 Å². The molecule has 140 valence electrons. The molecule has 2 aliphatic rings. The second-order valence-electron chi connectivity index (χ2n) is 6.63. The molecule has 4 rings (SSSR count). The smallest absolute Gasteiger partial charge is 0.257 e. The molecule has 0 saturated carbocycles. The van der Waals surface area contributed by atoms with Gasteiger partial charge < -0.3 is 14.5 Å². The fourth-order valence-electron chi connectivity index (χ4n) is 3.45. The normalized spacial score (nSPS) is 16.1. The van der Waals surface area contributed by atoms with Crippen LogP contribution in [0.3, 0.4) is 0 Å². The Hall–Kier alpha value is -2.96. The molecule has 0 aliphatic carbocycles. The van der Waals surface area contributed by atoms with E-state index in [1.54, 1.807) is 11.0 Å². The topological polar surface area (TPSA) is 49.9 Å². The van der Waals surface area contributed by atoms with Crippen LogP contribution in [-0.4, -0.2) is 54.4 Å². The number of nitrogens with zero attached hydrogens (tertiary/aromatic N) is 2. The lowest BCUT2D eigenvalue weighted by Gasteiger charge is -2.35. The van der Waals surface area contributed by atoms with Crippen molar-refractivity contribution in [3.8, 4) is 5.75 Å². The maximum Gasteiger partial charge on any atom is 0.257 e. The van der Waals surface area contributed by atoms with Crippen LogP contribution in [0.5, 0.6) is 5.75 Å². The van der Waals surface area contributed by atoms with Crippen molar-refractivity contribution in [3.63, 3.8) is 0 Å². The lowest BCUT2D eigenvalue weighted by Crippen LogP contribution is -2.50. The zero-order valence-electron chi connectivity index (χ0n) is 14.6.